The van der Waals surface area contributed by atoms with Crippen LogP contribution in [0.15, 0.2) is 48.7 Å². The maximum absolute atomic E-state index is 14.1. The summed E-state index contributed by atoms with van der Waals surface area (Å²) in [6.07, 6.45) is 10.4. The molecule has 306 valence electrons. The second kappa shape index (κ2) is 16.2. The van der Waals surface area contributed by atoms with E-state index in [2.05, 4.69) is 90.3 Å². The standard InChI is InChI=1S/C47H59N7O4/c1-8-26(3)23-41(55)53-28(5)13-21-39(53)44-48-25-38(50-44)36-19-18-32(34-11-10-12-35(34)36)30-15-17-33-31(24-30)16-20-37-43(33)51-45(49-37)40-22-14-29(6)54(40)46(56)42(27(4)9-2)52-47(57)58-7/h15-20,24-29,39-40,42H,8-14,21-23H2,1-7H3,(H,48,50)(H,49,51)(H,52,57)/t26-,27-,28-,29-,39-,40-,42-/m0/s1. The number of alkyl carbamates (subject to hydrolysis) is 1. The van der Waals surface area contributed by atoms with Gasteiger partial charge >= 0.3 is 6.09 Å². The molecule has 2 aliphatic heterocycles. The normalized spacial score (nSPS) is 22.1. The van der Waals surface area contributed by atoms with Crippen LogP contribution in [-0.2, 0) is 27.2 Å². The molecule has 2 aromatic heterocycles. The number of fused-ring (bicyclic) bond motifs is 4. The van der Waals surface area contributed by atoms with E-state index >= 15 is 0 Å². The smallest absolute Gasteiger partial charge is 0.407 e. The van der Waals surface area contributed by atoms with Crippen LogP contribution in [0, 0.1) is 11.8 Å². The number of rotatable bonds is 11. The second-order valence-electron chi connectivity index (χ2n) is 17.3. The lowest BCUT2D eigenvalue weighted by atomic mass is 9.91. The SMILES string of the molecule is CC[C@H](C)CC(=O)N1[C@@H](C)CC[C@H]1c1ncc(-c2ccc(-c3ccc4c(ccc5[nH]c([C@@H]6CC[C@H](C)N6C(=O)[C@@H](NC(=O)OC)[C@@H](C)CC)nc54)c3)c3c2CCC3)[nH]1. The number of aromatic amines is 2. The topological polar surface area (TPSA) is 136 Å². The van der Waals surface area contributed by atoms with E-state index in [1.54, 1.807) is 0 Å². The van der Waals surface area contributed by atoms with Crippen molar-refractivity contribution in [3.05, 3.63) is 71.4 Å². The fourth-order valence-electron chi connectivity index (χ4n) is 9.89. The summed E-state index contributed by atoms with van der Waals surface area (Å²) in [4.78, 5) is 61.0. The summed E-state index contributed by atoms with van der Waals surface area (Å²) >= 11 is 0. The minimum Gasteiger partial charge on any atom is -0.453 e. The molecule has 58 heavy (non-hydrogen) atoms. The predicted molar refractivity (Wildman–Crippen MR) is 228 cm³/mol. The molecule has 0 spiro atoms. The van der Waals surface area contributed by atoms with Crippen molar-refractivity contribution in [2.45, 2.75) is 136 Å². The molecule has 0 radical (unpaired) electrons. The lowest BCUT2D eigenvalue weighted by molar-refractivity contribution is -0.137. The fraction of sp³-hybridized carbons (Fsp3) is 0.511. The van der Waals surface area contributed by atoms with Gasteiger partial charge in [0.2, 0.25) is 11.8 Å². The zero-order chi connectivity index (χ0) is 40.8. The van der Waals surface area contributed by atoms with E-state index in [-0.39, 0.29) is 41.9 Å². The van der Waals surface area contributed by atoms with E-state index in [1.165, 1.54) is 34.9 Å². The Morgan fingerprint density at radius 1 is 0.862 bits per heavy atom. The van der Waals surface area contributed by atoms with Gasteiger partial charge in [0.05, 0.1) is 42.1 Å². The Labute approximate surface area is 341 Å². The van der Waals surface area contributed by atoms with Gasteiger partial charge in [0.15, 0.2) is 0 Å². The van der Waals surface area contributed by atoms with Crippen molar-refractivity contribution in [3.8, 4) is 22.4 Å². The number of likely N-dealkylation sites (tertiary alicyclic amines) is 2. The van der Waals surface area contributed by atoms with Crippen LogP contribution in [0.25, 0.3) is 44.2 Å². The van der Waals surface area contributed by atoms with Gasteiger partial charge in [0.25, 0.3) is 0 Å². The van der Waals surface area contributed by atoms with E-state index in [1.807, 2.05) is 24.9 Å². The average molecular weight is 786 g/mol. The third-order valence-corrected chi connectivity index (χ3v) is 13.6. The summed E-state index contributed by atoms with van der Waals surface area (Å²) in [5.41, 5.74) is 9.28. The maximum atomic E-state index is 14.1. The number of ether oxygens (including phenoxy) is 1. The van der Waals surface area contributed by atoms with E-state index in [4.69, 9.17) is 14.7 Å². The summed E-state index contributed by atoms with van der Waals surface area (Å²) in [6, 6.07) is 14.8. The van der Waals surface area contributed by atoms with Crippen molar-refractivity contribution < 1.29 is 19.1 Å². The first-order chi connectivity index (χ1) is 28.0. The Bertz CT molecular complexity index is 2350. The minimum absolute atomic E-state index is 0.0101. The zero-order valence-corrected chi connectivity index (χ0v) is 35.2. The highest BCUT2D eigenvalue weighted by Gasteiger charge is 2.42. The number of imidazole rings is 2. The minimum atomic E-state index is -0.681. The number of nitrogens with zero attached hydrogens (tertiary/aromatic N) is 4. The van der Waals surface area contributed by atoms with Crippen LogP contribution in [0.3, 0.4) is 0 Å². The third kappa shape index (κ3) is 7.15. The molecule has 0 saturated carbocycles. The molecule has 1 aliphatic carbocycles. The molecule has 2 fully saturated rings. The number of carbonyl (C=O) groups excluding carboxylic acids is 3. The zero-order valence-electron chi connectivity index (χ0n) is 35.2. The first-order valence-electron chi connectivity index (χ1n) is 21.6. The van der Waals surface area contributed by atoms with Crippen molar-refractivity contribution in [3.63, 3.8) is 0 Å². The van der Waals surface area contributed by atoms with Crippen molar-refractivity contribution in [2.75, 3.05) is 7.11 Å². The first-order valence-corrected chi connectivity index (χ1v) is 21.6. The molecule has 0 bridgehead atoms. The molecule has 8 rings (SSSR count). The summed E-state index contributed by atoms with van der Waals surface area (Å²) in [5.74, 6) is 2.12. The Hall–Kier alpha value is -5.19. The molecule has 2 saturated heterocycles. The number of hydrogen-bond donors (Lipinski definition) is 3. The van der Waals surface area contributed by atoms with Gasteiger partial charge in [-0.25, -0.2) is 14.8 Å². The highest BCUT2D eigenvalue weighted by atomic mass is 16.5. The van der Waals surface area contributed by atoms with Crippen LogP contribution in [-0.4, -0.2) is 72.9 Å². The average Bonchev–Trinajstić information content (AvgIpc) is 4.08. The highest BCUT2D eigenvalue weighted by Crippen LogP contribution is 2.42. The molecular formula is C47H59N7O4. The van der Waals surface area contributed by atoms with E-state index < -0.39 is 12.1 Å². The number of benzene rings is 3. The predicted octanol–water partition coefficient (Wildman–Crippen LogP) is 9.57. The first kappa shape index (κ1) is 39.6. The Kier molecular flexibility index (Phi) is 11.1. The Morgan fingerprint density at radius 3 is 2.29 bits per heavy atom. The monoisotopic (exact) mass is 785 g/mol. The summed E-state index contributed by atoms with van der Waals surface area (Å²) in [6.45, 7) is 12.5. The highest BCUT2D eigenvalue weighted by molar-refractivity contribution is 6.05. The van der Waals surface area contributed by atoms with Crippen LogP contribution < -0.4 is 5.32 Å². The summed E-state index contributed by atoms with van der Waals surface area (Å²) in [5, 5.41) is 4.98. The van der Waals surface area contributed by atoms with E-state index in [0.29, 0.717) is 12.3 Å². The molecule has 3 aliphatic rings. The second-order valence-corrected chi connectivity index (χ2v) is 17.3. The number of carbonyl (C=O) groups is 3. The van der Waals surface area contributed by atoms with Crippen LogP contribution in [0.5, 0.6) is 0 Å². The van der Waals surface area contributed by atoms with Crippen LogP contribution in [0.2, 0.25) is 0 Å². The Balaban J connectivity index is 1.06. The molecule has 3 aromatic carbocycles. The molecule has 11 heteroatoms. The molecule has 11 nitrogen and oxygen atoms in total. The van der Waals surface area contributed by atoms with Crippen LogP contribution in [0.1, 0.15) is 128 Å². The molecule has 3 N–H and O–H groups in total. The van der Waals surface area contributed by atoms with Crippen molar-refractivity contribution in [1.29, 1.82) is 0 Å². The largest absolute Gasteiger partial charge is 0.453 e. The lowest BCUT2D eigenvalue weighted by Gasteiger charge is -2.33. The fourth-order valence-corrected chi connectivity index (χ4v) is 9.89. The lowest BCUT2D eigenvalue weighted by Crippen LogP contribution is -2.53. The van der Waals surface area contributed by atoms with Crippen LogP contribution in [0.4, 0.5) is 4.79 Å². The van der Waals surface area contributed by atoms with Gasteiger partial charge in [-0.1, -0.05) is 70.9 Å². The van der Waals surface area contributed by atoms with Gasteiger partial charge in [-0.2, -0.15) is 0 Å². The molecule has 7 atom stereocenters. The number of aromatic nitrogens is 4. The van der Waals surface area contributed by atoms with Crippen molar-refractivity contribution in [2.24, 2.45) is 11.8 Å². The van der Waals surface area contributed by atoms with E-state index in [9.17, 15) is 14.4 Å². The van der Waals surface area contributed by atoms with Gasteiger partial charge in [0, 0.05) is 29.5 Å². The van der Waals surface area contributed by atoms with Gasteiger partial charge < -0.3 is 29.8 Å². The number of nitrogens with one attached hydrogen (secondary N) is 3. The van der Waals surface area contributed by atoms with E-state index in [0.717, 1.165) is 96.9 Å². The van der Waals surface area contributed by atoms with Gasteiger partial charge in [-0.15, -0.1) is 0 Å². The molecule has 3 amide bonds. The van der Waals surface area contributed by atoms with Crippen LogP contribution >= 0.6 is 0 Å². The molecule has 5 aromatic rings. The number of amides is 3. The molecule has 4 heterocycles. The number of methoxy groups -OCH3 is 1. The van der Waals surface area contributed by atoms with Crippen molar-refractivity contribution >= 4 is 39.7 Å². The van der Waals surface area contributed by atoms with Gasteiger partial charge in [-0.05, 0) is 110 Å². The van der Waals surface area contributed by atoms with Gasteiger partial charge in [-0.3, -0.25) is 9.59 Å². The maximum Gasteiger partial charge on any atom is 0.407 e. The van der Waals surface area contributed by atoms with Gasteiger partial charge in [0.1, 0.15) is 17.7 Å². The summed E-state index contributed by atoms with van der Waals surface area (Å²) < 4.78 is 4.88. The van der Waals surface area contributed by atoms with Crippen molar-refractivity contribution in [1.82, 2.24) is 35.1 Å². The number of hydrogen-bond acceptors (Lipinski definition) is 6. The Morgan fingerprint density at radius 2 is 1.57 bits per heavy atom. The third-order valence-electron chi connectivity index (χ3n) is 13.6. The molecular weight excluding hydrogens is 727 g/mol. The quantitative estimate of drug-likeness (QED) is 0.122. The molecule has 0 unspecified atom stereocenters. The number of H-pyrrole nitrogens is 2. The summed E-state index contributed by atoms with van der Waals surface area (Å²) in [7, 11) is 1.32.